The molecule has 18 heavy (non-hydrogen) atoms. The molecule has 0 atom stereocenters. The third-order valence-corrected chi connectivity index (χ3v) is 4.53. The van der Waals surface area contributed by atoms with Gasteiger partial charge in [0.1, 0.15) is 0 Å². The van der Waals surface area contributed by atoms with Crippen molar-refractivity contribution in [1.29, 1.82) is 0 Å². The van der Waals surface area contributed by atoms with E-state index < -0.39 is 0 Å². The first-order valence-corrected chi connectivity index (χ1v) is 7.93. The van der Waals surface area contributed by atoms with Gasteiger partial charge in [0.2, 0.25) is 0 Å². The highest BCUT2D eigenvalue weighted by atomic mass is 32.2. The summed E-state index contributed by atoms with van der Waals surface area (Å²) in [6.45, 7) is 5.27. The van der Waals surface area contributed by atoms with Crippen LogP contribution in [-0.4, -0.2) is 11.0 Å². The highest BCUT2D eigenvalue weighted by Crippen LogP contribution is 2.24. The lowest BCUT2D eigenvalue weighted by molar-refractivity contribution is 0.588. The molecule has 2 nitrogen and oxygen atoms in total. The van der Waals surface area contributed by atoms with E-state index in [0.717, 1.165) is 12.3 Å². The summed E-state index contributed by atoms with van der Waals surface area (Å²) in [6.07, 6.45) is 1.94. The standard InChI is InChI=1S/C14H18N2S2/c1-11(2)16-7-12-3-5-13(6-4-12)17-9-14-8-15-10-18-14/h3-6,8,10-11,16H,7,9H2,1-2H3. The van der Waals surface area contributed by atoms with Crippen molar-refractivity contribution in [3.05, 3.63) is 46.4 Å². The van der Waals surface area contributed by atoms with E-state index in [1.807, 2.05) is 23.5 Å². The largest absolute Gasteiger partial charge is 0.310 e. The van der Waals surface area contributed by atoms with E-state index in [2.05, 4.69) is 48.4 Å². The zero-order valence-electron chi connectivity index (χ0n) is 10.7. The first-order chi connectivity index (χ1) is 8.74. The Bertz CT molecular complexity index is 449. The van der Waals surface area contributed by atoms with E-state index in [1.54, 1.807) is 11.3 Å². The van der Waals surface area contributed by atoms with Crippen LogP contribution in [-0.2, 0) is 12.3 Å². The van der Waals surface area contributed by atoms with Gasteiger partial charge in [-0.2, -0.15) is 0 Å². The van der Waals surface area contributed by atoms with E-state index in [1.165, 1.54) is 15.3 Å². The van der Waals surface area contributed by atoms with Crippen LogP contribution in [0, 0.1) is 0 Å². The summed E-state index contributed by atoms with van der Waals surface area (Å²) in [5.74, 6) is 1.01. The highest BCUT2D eigenvalue weighted by Gasteiger charge is 1.99. The van der Waals surface area contributed by atoms with Gasteiger partial charge < -0.3 is 5.32 Å². The van der Waals surface area contributed by atoms with Crippen molar-refractivity contribution < 1.29 is 0 Å². The van der Waals surface area contributed by atoms with Gasteiger partial charge in [0.15, 0.2) is 0 Å². The second-order valence-corrected chi connectivity index (χ2v) is 6.46. The fraction of sp³-hybridized carbons (Fsp3) is 0.357. The van der Waals surface area contributed by atoms with Crippen molar-refractivity contribution in [2.24, 2.45) is 0 Å². The molecule has 0 aliphatic carbocycles. The van der Waals surface area contributed by atoms with Gasteiger partial charge >= 0.3 is 0 Å². The number of benzene rings is 1. The summed E-state index contributed by atoms with van der Waals surface area (Å²) >= 11 is 3.58. The molecule has 0 fully saturated rings. The van der Waals surface area contributed by atoms with Crippen LogP contribution in [0.25, 0.3) is 0 Å². The molecule has 0 unspecified atom stereocenters. The highest BCUT2D eigenvalue weighted by molar-refractivity contribution is 7.98. The fourth-order valence-corrected chi connectivity index (χ4v) is 3.03. The Morgan fingerprint density at radius 3 is 2.67 bits per heavy atom. The van der Waals surface area contributed by atoms with Crippen molar-refractivity contribution >= 4 is 23.1 Å². The van der Waals surface area contributed by atoms with Crippen LogP contribution >= 0.6 is 23.1 Å². The van der Waals surface area contributed by atoms with Crippen molar-refractivity contribution in [2.75, 3.05) is 0 Å². The minimum Gasteiger partial charge on any atom is -0.310 e. The summed E-state index contributed by atoms with van der Waals surface area (Å²) in [7, 11) is 0. The van der Waals surface area contributed by atoms with Gasteiger partial charge in [0.05, 0.1) is 5.51 Å². The fourth-order valence-electron chi connectivity index (χ4n) is 1.49. The number of thiazole rings is 1. The van der Waals surface area contributed by atoms with Gasteiger partial charge in [-0.3, -0.25) is 4.98 Å². The topological polar surface area (TPSA) is 24.9 Å². The van der Waals surface area contributed by atoms with Crippen molar-refractivity contribution in [2.45, 2.75) is 37.1 Å². The van der Waals surface area contributed by atoms with Crippen molar-refractivity contribution in [3.8, 4) is 0 Å². The molecule has 0 radical (unpaired) electrons. The van der Waals surface area contributed by atoms with Crippen molar-refractivity contribution in [3.63, 3.8) is 0 Å². The minimum absolute atomic E-state index is 0.533. The molecule has 0 saturated heterocycles. The summed E-state index contributed by atoms with van der Waals surface area (Å²) < 4.78 is 0. The summed E-state index contributed by atoms with van der Waals surface area (Å²) in [4.78, 5) is 6.73. The molecule has 0 aliphatic heterocycles. The maximum Gasteiger partial charge on any atom is 0.0794 e. The number of nitrogens with zero attached hydrogens (tertiary/aromatic N) is 1. The Kier molecular flexibility index (Phi) is 5.23. The SMILES string of the molecule is CC(C)NCc1ccc(SCc2cncs2)cc1. The Labute approximate surface area is 117 Å². The number of thioether (sulfide) groups is 1. The number of hydrogen-bond acceptors (Lipinski definition) is 4. The van der Waals surface area contributed by atoms with Gasteiger partial charge in [0.25, 0.3) is 0 Å². The second-order valence-electron chi connectivity index (χ2n) is 4.44. The number of aromatic nitrogens is 1. The summed E-state index contributed by atoms with van der Waals surface area (Å²) in [5.41, 5.74) is 3.22. The lowest BCUT2D eigenvalue weighted by Gasteiger charge is -2.08. The number of hydrogen-bond donors (Lipinski definition) is 1. The third-order valence-electron chi connectivity index (χ3n) is 2.50. The molecular formula is C14H18N2S2. The van der Waals surface area contributed by atoms with Crippen molar-refractivity contribution in [1.82, 2.24) is 10.3 Å². The molecule has 4 heteroatoms. The maximum atomic E-state index is 4.09. The molecule has 1 aromatic carbocycles. The third kappa shape index (κ3) is 4.44. The Hall–Kier alpha value is -0.840. The van der Waals surface area contributed by atoms with Crippen LogP contribution in [0.1, 0.15) is 24.3 Å². The van der Waals surface area contributed by atoms with Crippen LogP contribution in [0.4, 0.5) is 0 Å². The first-order valence-electron chi connectivity index (χ1n) is 6.06. The van der Waals surface area contributed by atoms with Gasteiger partial charge in [0, 0.05) is 34.3 Å². The van der Waals surface area contributed by atoms with Crippen LogP contribution in [0.15, 0.2) is 40.9 Å². The van der Waals surface area contributed by atoms with E-state index in [0.29, 0.717) is 6.04 Å². The van der Waals surface area contributed by atoms with Crippen LogP contribution in [0.5, 0.6) is 0 Å². The maximum absolute atomic E-state index is 4.09. The van der Waals surface area contributed by atoms with Crippen LogP contribution in [0.3, 0.4) is 0 Å². The van der Waals surface area contributed by atoms with Gasteiger partial charge in [-0.05, 0) is 17.7 Å². The predicted molar refractivity (Wildman–Crippen MR) is 80.1 cm³/mol. The van der Waals surface area contributed by atoms with E-state index in [9.17, 15) is 0 Å². The smallest absolute Gasteiger partial charge is 0.0794 e. The van der Waals surface area contributed by atoms with Gasteiger partial charge in [-0.25, -0.2) is 0 Å². The molecule has 0 saturated carbocycles. The molecular weight excluding hydrogens is 260 g/mol. The summed E-state index contributed by atoms with van der Waals surface area (Å²) in [6, 6.07) is 9.33. The monoisotopic (exact) mass is 278 g/mol. The molecule has 0 aliphatic rings. The molecule has 2 rings (SSSR count). The molecule has 0 amide bonds. The average Bonchev–Trinajstić information content (AvgIpc) is 2.88. The molecule has 2 aromatic rings. The molecule has 0 spiro atoms. The normalized spacial score (nSPS) is 11.1. The molecule has 1 heterocycles. The number of nitrogens with one attached hydrogen (secondary N) is 1. The lowest BCUT2D eigenvalue weighted by Crippen LogP contribution is -2.21. The second kappa shape index (κ2) is 6.92. The molecule has 96 valence electrons. The zero-order chi connectivity index (χ0) is 12.8. The van der Waals surface area contributed by atoms with Gasteiger partial charge in [-0.1, -0.05) is 26.0 Å². The summed E-state index contributed by atoms with van der Waals surface area (Å²) in [5, 5.41) is 3.42. The zero-order valence-corrected chi connectivity index (χ0v) is 12.4. The van der Waals surface area contributed by atoms with E-state index >= 15 is 0 Å². The lowest BCUT2D eigenvalue weighted by atomic mass is 10.2. The van der Waals surface area contributed by atoms with E-state index in [4.69, 9.17) is 0 Å². The Morgan fingerprint density at radius 2 is 2.06 bits per heavy atom. The quantitative estimate of drug-likeness (QED) is 0.810. The first kappa shape index (κ1) is 13.6. The van der Waals surface area contributed by atoms with Crippen LogP contribution < -0.4 is 5.32 Å². The number of rotatable bonds is 6. The average molecular weight is 278 g/mol. The van der Waals surface area contributed by atoms with Gasteiger partial charge in [-0.15, -0.1) is 23.1 Å². The van der Waals surface area contributed by atoms with Crippen LogP contribution in [0.2, 0.25) is 0 Å². The molecule has 0 bridgehead atoms. The minimum atomic E-state index is 0.533. The Morgan fingerprint density at radius 1 is 1.28 bits per heavy atom. The molecule has 1 N–H and O–H groups in total. The van der Waals surface area contributed by atoms with E-state index in [-0.39, 0.29) is 0 Å². The predicted octanol–water partition coefficient (Wildman–Crippen LogP) is 3.93. The molecule has 1 aromatic heterocycles. The Balaban J connectivity index is 1.83.